The van der Waals surface area contributed by atoms with E-state index in [2.05, 4.69) is 5.32 Å². The average Bonchev–Trinajstić information content (AvgIpc) is 3.17. The summed E-state index contributed by atoms with van der Waals surface area (Å²) in [6, 6.07) is 13.8. The van der Waals surface area contributed by atoms with Gasteiger partial charge in [0.25, 0.3) is 0 Å². The van der Waals surface area contributed by atoms with Crippen LogP contribution in [0.4, 0.5) is 15.8 Å². The molecule has 3 amide bonds. The Morgan fingerprint density at radius 1 is 1.00 bits per heavy atom. The molecular weight excluding hydrogens is 397 g/mol. The third-order valence-electron chi connectivity index (χ3n) is 6.13. The van der Waals surface area contributed by atoms with Crippen molar-refractivity contribution in [1.82, 2.24) is 4.90 Å². The molecule has 7 heteroatoms. The molecule has 0 spiro atoms. The van der Waals surface area contributed by atoms with Crippen LogP contribution in [0.3, 0.4) is 0 Å². The molecule has 2 heterocycles. The summed E-state index contributed by atoms with van der Waals surface area (Å²) >= 11 is 0. The standard InChI is InChI=1S/C24H26FN3O3/c1-16-6-8-19(9-7-16)28-15-18(14-22(28)29)24(31)27-12-10-17(11-13-27)23(30)26-21-5-3-2-4-20(21)25/h2-9,17-18H,10-15H2,1H3,(H,26,30)/t18-/m0/s1. The van der Waals surface area contributed by atoms with E-state index >= 15 is 0 Å². The normalized spacial score (nSPS) is 19.5. The van der Waals surface area contributed by atoms with E-state index in [4.69, 9.17) is 0 Å². The summed E-state index contributed by atoms with van der Waals surface area (Å²) in [6.45, 7) is 3.30. The van der Waals surface area contributed by atoms with E-state index in [9.17, 15) is 18.8 Å². The lowest BCUT2D eigenvalue weighted by molar-refractivity contribution is -0.138. The molecule has 2 aromatic rings. The summed E-state index contributed by atoms with van der Waals surface area (Å²) < 4.78 is 13.8. The number of piperidine rings is 1. The summed E-state index contributed by atoms with van der Waals surface area (Å²) in [5, 5.41) is 2.64. The minimum absolute atomic E-state index is 0.0316. The molecule has 31 heavy (non-hydrogen) atoms. The fraction of sp³-hybridized carbons (Fsp3) is 0.375. The van der Waals surface area contributed by atoms with Gasteiger partial charge >= 0.3 is 0 Å². The van der Waals surface area contributed by atoms with Crippen LogP contribution in [-0.4, -0.2) is 42.3 Å². The Morgan fingerprint density at radius 3 is 2.35 bits per heavy atom. The second-order valence-corrected chi connectivity index (χ2v) is 8.31. The maximum Gasteiger partial charge on any atom is 0.228 e. The van der Waals surface area contributed by atoms with Crippen molar-refractivity contribution in [3.05, 3.63) is 59.9 Å². The van der Waals surface area contributed by atoms with Crippen LogP contribution in [0.5, 0.6) is 0 Å². The van der Waals surface area contributed by atoms with E-state index in [0.717, 1.165) is 11.3 Å². The van der Waals surface area contributed by atoms with Crippen LogP contribution >= 0.6 is 0 Å². The van der Waals surface area contributed by atoms with E-state index in [-0.39, 0.29) is 41.7 Å². The highest BCUT2D eigenvalue weighted by Crippen LogP contribution is 2.28. The SMILES string of the molecule is Cc1ccc(N2C[C@@H](C(=O)N3CCC(C(=O)Nc4ccccc4F)CC3)CC2=O)cc1. The molecule has 2 aliphatic heterocycles. The number of benzene rings is 2. The first-order valence-electron chi connectivity index (χ1n) is 10.6. The predicted molar refractivity (Wildman–Crippen MR) is 116 cm³/mol. The van der Waals surface area contributed by atoms with Gasteiger partial charge in [-0.25, -0.2) is 4.39 Å². The molecule has 0 bridgehead atoms. The maximum atomic E-state index is 13.8. The number of nitrogens with zero attached hydrogens (tertiary/aromatic N) is 2. The minimum Gasteiger partial charge on any atom is -0.342 e. The van der Waals surface area contributed by atoms with E-state index in [0.29, 0.717) is 32.5 Å². The average molecular weight is 423 g/mol. The number of nitrogens with one attached hydrogen (secondary N) is 1. The van der Waals surface area contributed by atoms with Gasteiger partial charge in [-0.1, -0.05) is 29.8 Å². The Labute approximate surface area is 181 Å². The van der Waals surface area contributed by atoms with Crippen molar-refractivity contribution in [2.24, 2.45) is 11.8 Å². The number of hydrogen-bond acceptors (Lipinski definition) is 3. The fourth-order valence-electron chi connectivity index (χ4n) is 4.26. The number of hydrogen-bond donors (Lipinski definition) is 1. The van der Waals surface area contributed by atoms with Gasteiger partial charge in [0.1, 0.15) is 5.82 Å². The Balaban J connectivity index is 1.31. The highest BCUT2D eigenvalue weighted by atomic mass is 19.1. The second-order valence-electron chi connectivity index (χ2n) is 8.31. The van der Waals surface area contributed by atoms with E-state index in [1.54, 1.807) is 21.9 Å². The van der Waals surface area contributed by atoms with Gasteiger partial charge in [-0.2, -0.15) is 0 Å². The van der Waals surface area contributed by atoms with Crippen LogP contribution in [0.15, 0.2) is 48.5 Å². The van der Waals surface area contributed by atoms with Gasteiger partial charge in [0, 0.05) is 37.7 Å². The largest absolute Gasteiger partial charge is 0.342 e. The number of likely N-dealkylation sites (tertiary alicyclic amines) is 1. The molecule has 2 fully saturated rings. The molecular formula is C24H26FN3O3. The Kier molecular flexibility index (Phi) is 6.02. The Bertz CT molecular complexity index is 984. The molecule has 6 nitrogen and oxygen atoms in total. The van der Waals surface area contributed by atoms with Crippen LogP contribution in [-0.2, 0) is 14.4 Å². The van der Waals surface area contributed by atoms with Crippen molar-refractivity contribution < 1.29 is 18.8 Å². The monoisotopic (exact) mass is 423 g/mol. The first kappa shape index (κ1) is 21.0. The zero-order valence-corrected chi connectivity index (χ0v) is 17.5. The molecule has 0 radical (unpaired) electrons. The molecule has 162 valence electrons. The number of anilines is 2. The molecule has 2 saturated heterocycles. The van der Waals surface area contributed by atoms with E-state index < -0.39 is 5.82 Å². The van der Waals surface area contributed by atoms with Crippen molar-refractivity contribution >= 4 is 29.1 Å². The summed E-state index contributed by atoms with van der Waals surface area (Å²) in [5.74, 6) is -1.39. The zero-order chi connectivity index (χ0) is 22.0. The molecule has 0 aliphatic carbocycles. The lowest BCUT2D eigenvalue weighted by Crippen LogP contribution is -2.44. The number of carbonyl (C=O) groups excluding carboxylic acids is 3. The Morgan fingerprint density at radius 2 is 1.68 bits per heavy atom. The number of halogens is 1. The quantitative estimate of drug-likeness (QED) is 0.820. The topological polar surface area (TPSA) is 69.7 Å². The summed E-state index contributed by atoms with van der Waals surface area (Å²) in [4.78, 5) is 41.4. The number of carbonyl (C=O) groups is 3. The summed E-state index contributed by atoms with van der Waals surface area (Å²) in [6.07, 6.45) is 1.25. The lowest BCUT2D eigenvalue weighted by atomic mass is 9.94. The molecule has 4 rings (SSSR count). The van der Waals surface area contributed by atoms with Gasteiger partial charge < -0.3 is 15.1 Å². The first-order chi connectivity index (χ1) is 14.9. The number of aryl methyl sites for hydroxylation is 1. The van der Waals surface area contributed by atoms with Gasteiger partial charge in [-0.15, -0.1) is 0 Å². The molecule has 0 saturated carbocycles. The number of para-hydroxylation sites is 1. The van der Waals surface area contributed by atoms with Gasteiger partial charge in [-0.3, -0.25) is 14.4 Å². The van der Waals surface area contributed by atoms with Crippen LogP contribution in [0.2, 0.25) is 0 Å². The van der Waals surface area contributed by atoms with Crippen molar-refractivity contribution in [3.8, 4) is 0 Å². The second kappa shape index (κ2) is 8.88. The summed E-state index contributed by atoms with van der Waals surface area (Å²) in [5.41, 5.74) is 2.10. The highest BCUT2D eigenvalue weighted by molar-refractivity contribution is 6.00. The van der Waals surface area contributed by atoms with Gasteiger partial charge in [0.15, 0.2) is 0 Å². The molecule has 0 unspecified atom stereocenters. The lowest BCUT2D eigenvalue weighted by Gasteiger charge is -2.33. The molecule has 1 N–H and O–H groups in total. The first-order valence-corrected chi connectivity index (χ1v) is 10.6. The van der Waals surface area contributed by atoms with Crippen LogP contribution < -0.4 is 10.2 Å². The van der Waals surface area contributed by atoms with Gasteiger partial charge in [0.05, 0.1) is 11.6 Å². The van der Waals surface area contributed by atoms with Gasteiger partial charge in [-0.05, 0) is 44.0 Å². The molecule has 2 aliphatic rings. The minimum atomic E-state index is -0.465. The van der Waals surface area contributed by atoms with Crippen molar-refractivity contribution in [2.45, 2.75) is 26.2 Å². The predicted octanol–water partition coefficient (Wildman–Crippen LogP) is 3.36. The van der Waals surface area contributed by atoms with E-state index in [1.165, 1.54) is 12.1 Å². The van der Waals surface area contributed by atoms with E-state index in [1.807, 2.05) is 31.2 Å². The third-order valence-corrected chi connectivity index (χ3v) is 6.13. The molecule has 2 aromatic carbocycles. The number of amides is 3. The van der Waals surface area contributed by atoms with Crippen molar-refractivity contribution in [3.63, 3.8) is 0 Å². The fourth-order valence-corrected chi connectivity index (χ4v) is 4.26. The Hall–Kier alpha value is -3.22. The molecule has 1 atom stereocenters. The zero-order valence-electron chi connectivity index (χ0n) is 17.5. The van der Waals surface area contributed by atoms with Crippen molar-refractivity contribution in [2.75, 3.05) is 29.9 Å². The third kappa shape index (κ3) is 4.60. The van der Waals surface area contributed by atoms with Gasteiger partial charge in [0.2, 0.25) is 17.7 Å². The smallest absolute Gasteiger partial charge is 0.228 e. The van der Waals surface area contributed by atoms with Crippen molar-refractivity contribution in [1.29, 1.82) is 0 Å². The molecule has 0 aromatic heterocycles. The number of rotatable bonds is 4. The van der Waals surface area contributed by atoms with Crippen LogP contribution in [0, 0.1) is 24.6 Å². The maximum absolute atomic E-state index is 13.8. The highest BCUT2D eigenvalue weighted by Gasteiger charge is 2.38. The van der Waals surface area contributed by atoms with Crippen LogP contribution in [0.25, 0.3) is 0 Å². The summed E-state index contributed by atoms with van der Waals surface area (Å²) in [7, 11) is 0. The van der Waals surface area contributed by atoms with Crippen LogP contribution in [0.1, 0.15) is 24.8 Å².